The molecule has 0 bridgehead atoms. The lowest BCUT2D eigenvalue weighted by molar-refractivity contribution is 0.271. The fourth-order valence-corrected chi connectivity index (χ4v) is 5.49. The van der Waals surface area contributed by atoms with Gasteiger partial charge in [-0.05, 0) is 38.4 Å². The Morgan fingerprint density at radius 2 is 1.74 bits per heavy atom. The highest BCUT2D eigenvalue weighted by atomic mass is 15.3. The average molecular weight is 457 g/mol. The van der Waals surface area contributed by atoms with Gasteiger partial charge in [0.05, 0.1) is 29.1 Å². The summed E-state index contributed by atoms with van der Waals surface area (Å²) in [5.41, 5.74) is 4.29. The van der Waals surface area contributed by atoms with E-state index in [4.69, 9.17) is 15.1 Å². The van der Waals surface area contributed by atoms with Crippen LogP contribution in [0.1, 0.15) is 44.3 Å². The lowest BCUT2D eigenvalue weighted by Gasteiger charge is -2.36. The maximum atomic E-state index is 4.92. The van der Waals surface area contributed by atoms with E-state index in [-0.39, 0.29) is 0 Å². The number of aryl methyl sites for hydroxylation is 1. The normalized spacial score (nSPS) is 17.8. The molecule has 4 aromatic rings. The van der Waals surface area contributed by atoms with E-state index in [1.54, 1.807) is 0 Å². The van der Waals surface area contributed by atoms with Crippen molar-refractivity contribution in [2.24, 2.45) is 0 Å². The van der Waals surface area contributed by atoms with Gasteiger partial charge in [0.2, 0.25) is 5.95 Å². The van der Waals surface area contributed by atoms with Gasteiger partial charge in [-0.25, -0.2) is 15.0 Å². The third-order valence-corrected chi connectivity index (χ3v) is 7.44. The Morgan fingerprint density at radius 3 is 2.50 bits per heavy atom. The number of nitrogens with one attached hydrogen (secondary N) is 1. The highest BCUT2D eigenvalue weighted by molar-refractivity contribution is 6.03. The lowest BCUT2D eigenvalue weighted by Crippen LogP contribution is -2.46. The van der Waals surface area contributed by atoms with Crippen molar-refractivity contribution >= 4 is 39.3 Å². The summed E-state index contributed by atoms with van der Waals surface area (Å²) in [6.45, 7) is 9.72. The molecule has 0 radical (unpaired) electrons. The van der Waals surface area contributed by atoms with Crippen LogP contribution >= 0.6 is 0 Å². The van der Waals surface area contributed by atoms with E-state index in [2.05, 4.69) is 56.8 Å². The number of aromatic nitrogens is 5. The first-order valence-corrected chi connectivity index (χ1v) is 12.5. The standard InChI is InChI=1S/C26H32N8/c1-3-32-12-14-33(15-13-32)22-10-11-23(29-18(22)2)30-26-27-16-19-8-9-20-17-28-34(21-6-4-5-7-21)25(20)24(19)31-26/h8-11,16-17,21H,3-7,12-15H2,1-2H3,(H,27,29,30,31). The molecule has 2 aliphatic rings. The molecular weight excluding hydrogens is 424 g/mol. The van der Waals surface area contributed by atoms with Gasteiger partial charge in [-0.15, -0.1) is 0 Å². The first kappa shape index (κ1) is 21.3. The number of hydrogen-bond donors (Lipinski definition) is 1. The third-order valence-electron chi connectivity index (χ3n) is 7.44. The molecule has 8 nitrogen and oxygen atoms in total. The summed E-state index contributed by atoms with van der Waals surface area (Å²) in [6.07, 6.45) is 8.78. The summed E-state index contributed by atoms with van der Waals surface area (Å²) in [5.74, 6) is 1.33. The molecule has 1 aliphatic heterocycles. The largest absolute Gasteiger partial charge is 0.368 e. The molecule has 0 spiro atoms. The summed E-state index contributed by atoms with van der Waals surface area (Å²) in [6, 6.07) is 8.87. The molecule has 176 valence electrons. The second-order valence-electron chi connectivity index (χ2n) is 9.51. The Morgan fingerprint density at radius 1 is 0.941 bits per heavy atom. The highest BCUT2D eigenvalue weighted by Crippen LogP contribution is 2.34. The number of fused-ring (bicyclic) bond motifs is 3. The molecule has 4 heterocycles. The SMILES string of the molecule is CCN1CCN(c2ccc(Nc3ncc4ccc5cnn(C6CCCC6)c5c4n3)nc2C)CC1. The van der Waals surface area contributed by atoms with Gasteiger partial charge in [-0.2, -0.15) is 5.10 Å². The fourth-order valence-electron chi connectivity index (χ4n) is 5.49. The quantitative estimate of drug-likeness (QED) is 0.467. The maximum absolute atomic E-state index is 4.92. The van der Waals surface area contributed by atoms with Gasteiger partial charge in [0.25, 0.3) is 0 Å². The summed E-state index contributed by atoms with van der Waals surface area (Å²) < 4.78 is 2.19. The van der Waals surface area contributed by atoms with Gasteiger partial charge in [-0.1, -0.05) is 31.9 Å². The lowest BCUT2D eigenvalue weighted by atomic mass is 10.1. The number of likely N-dealkylation sites (N-methyl/N-ethyl adjacent to an activating group) is 1. The van der Waals surface area contributed by atoms with Crippen molar-refractivity contribution in [1.29, 1.82) is 0 Å². The number of nitrogens with zero attached hydrogens (tertiary/aromatic N) is 7. The number of rotatable bonds is 5. The minimum atomic E-state index is 0.463. The van der Waals surface area contributed by atoms with Crippen LogP contribution in [0.15, 0.2) is 36.7 Å². The number of anilines is 3. The molecule has 0 atom stereocenters. The second kappa shape index (κ2) is 8.83. The van der Waals surface area contributed by atoms with E-state index in [9.17, 15) is 0 Å². The summed E-state index contributed by atoms with van der Waals surface area (Å²) >= 11 is 0. The second-order valence-corrected chi connectivity index (χ2v) is 9.51. The van der Waals surface area contributed by atoms with E-state index in [1.165, 1.54) is 31.4 Å². The van der Waals surface area contributed by atoms with Gasteiger partial charge >= 0.3 is 0 Å². The summed E-state index contributed by atoms with van der Waals surface area (Å²) in [5, 5.41) is 10.2. The monoisotopic (exact) mass is 456 g/mol. The highest BCUT2D eigenvalue weighted by Gasteiger charge is 2.21. The molecule has 2 fully saturated rings. The molecule has 1 saturated carbocycles. The van der Waals surface area contributed by atoms with E-state index in [0.717, 1.165) is 66.0 Å². The van der Waals surface area contributed by atoms with Crippen LogP contribution in [-0.4, -0.2) is 62.4 Å². The molecule has 34 heavy (non-hydrogen) atoms. The Kier molecular flexibility index (Phi) is 5.53. The minimum absolute atomic E-state index is 0.463. The Balaban J connectivity index is 1.28. The zero-order valence-corrected chi connectivity index (χ0v) is 20.0. The van der Waals surface area contributed by atoms with E-state index < -0.39 is 0 Å². The van der Waals surface area contributed by atoms with Gasteiger partial charge in [0.15, 0.2) is 0 Å². The molecular formula is C26H32N8. The van der Waals surface area contributed by atoms with E-state index in [0.29, 0.717) is 12.0 Å². The van der Waals surface area contributed by atoms with E-state index in [1.807, 2.05) is 18.5 Å². The van der Waals surface area contributed by atoms with Gasteiger partial charge in [-0.3, -0.25) is 4.68 Å². The molecule has 8 heteroatoms. The zero-order valence-electron chi connectivity index (χ0n) is 20.0. The molecule has 3 aromatic heterocycles. The van der Waals surface area contributed by atoms with Crippen molar-refractivity contribution in [2.45, 2.75) is 45.6 Å². The number of piperazine rings is 1. The summed E-state index contributed by atoms with van der Waals surface area (Å²) in [7, 11) is 0. The zero-order chi connectivity index (χ0) is 23.1. The predicted octanol–water partition coefficient (Wildman–Crippen LogP) is 4.68. The Bertz CT molecular complexity index is 1320. The van der Waals surface area contributed by atoms with Crippen LogP contribution < -0.4 is 10.2 Å². The van der Waals surface area contributed by atoms with E-state index >= 15 is 0 Å². The van der Waals surface area contributed by atoms with Crippen molar-refractivity contribution in [3.63, 3.8) is 0 Å². The molecule has 1 aliphatic carbocycles. The molecule has 6 rings (SSSR count). The van der Waals surface area contributed by atoms with Crippen molar-refractivity contribution in [3.8, 4) is 0 Å². The average Bonchev–Trinajstić information content (AvgIpc) is 3.54. The van der Waals surface area contributed by atoms with Crippen LogP contribution in [0.25, 0.3) is 21.8 Å². The topological polar surface area (TPSA) is 75.0 Å². The van der Waals surface area contributed by atoms with Gasteiger partial charge < -0.3 is 15.1 Å². The van der Waals surface area contributed by atoms with Gasteiger partial charge in [0.1, 0.15) is 11.3 Å². The van der Waals surface area contributed by atoms with Crippen molar-refractivity contribution in [2.75, 3.05) is 42.9 Å². The third kappa shape index (κ3) is 3.86. The first-order valence-electron chi connectivity index (χ1n) is 12.5. The van der Waals surface area contributed by atoms with Gasteiger partial charge in [0, 0.05) is 43.1 Å². The predicted molar refractivity (Wildman–Crippen MR) is 137 cm³/mol. The first-order chi connectivity index (χ1) is 16.7. The van der Waals surface area contributed by atoms with Crippen LogP contribution in [0.5, 0.6) is 0 Å². The fraction of sp³-hybridized carbons (Fsp3) is 0.462. The van der Waals surface area contributed by atoms with Crippen LogP contribution in [0.2, 0.25) is 0 Å². The number of hydrogen-bond acceptors (Lipinski definition) is 7. The van der Waals surface area contributed by atoms with Crippen LogP contribution in [0, 0.1) is 6.92 Å². The maximum Gasteiger partial charge on any atom is 0.228 e. The smallest absolute Gasteiger partial charge is 0.228 e. The Hall–Kier alpha value is -3.26. The molecule has 1 N–H and O–H groups in total. The summed E-state index contributed by atoms with van der Waals surface area (Å²) in [4.78, 5) is 19.3. The van der Waals surface area contributed by atoms with Crippen LogP contribution in [0.3, 0.4) is 0 Å². The number of benzene rings is 1. The molecule has 1 aromatic carbocycles. The minimum Gasteiger partial charge on any atom is -0.368 e. The Labute approximate surface area is 200 Å². The van der Waals surface area contributed by atoms with Crippen molar-refractivity contribution in [3.05, 3.63) is 42.4 Å². The van der Waals surface area contributed by atoms with Crippen LogP contribution in [0.4, 0.5) is 17.5 Å². The molecule has 0 amide bonds. The number of pyridine rings is 1. The van der Waals surface area contributed by atoms with Crippen molar-refractivity contribution in [1.82, 2.24) is 29.6 Å². The molecule has 0 unspecified atom stereocenters. The molecule has 1 saturated heterocycles. The van der Waals surface area contributed by atoms with Crippen LogP contribution in [-0.2, 0) is 0 Å². The van der Waals surface area contributed by atoms with Crippen molar-refractivity contribution < 1.29 is 0 Å².